The van der Waals surface area contributed by atoms with Crippen molar-refractivity contribution in [1.29, 1.82) is 0 Å². The maximum absolute atomic E-state index is 2.42. The Bertz CT molecular complexity index is 2040. The first-order valence-electron chi connectivity index (χ1n) is 16.6. The van der Waals surface area contributed by atoms with Gasteiger partial charge in [-0.1, -0.05) is 194 Å². The van der Waals surface area contributed by atoms with Gasteiger partial charge >= 0.3 is 0 Å². The third-order valence-corrected chi connectivity index (χ3v) is 14.2. The van der Waals surface area contributed by atoms with Crippen LogP contribution in [0.5, 0.6) is 0 Å². The number of fused-ring (bicyclic) bond motifs is 2. The maximum Gasteiger partial charge on any atom is 0.00138 e. The fourth-order valence-corrected chi connectivity index (χ4v) is 11.6. The molecular formula is C46H36NaP2. The molecule has 0 aliphatic rings. The van der Waals surface area contributed by atoms with Crippen LogP contribution in [0.3, 0.4) is 0 Å². The van der Waals surface area contributed by atoms with E-state index in [9.17, 15) is 0 Å². The Balaban J connectivity index is 0.00000378. The molecule has 0 atom stereocenters. The van der Waals surface area contributed by atoms with Crippen LogP contribution in [0.4, 0.5) is 0 Å². The SMILES string of the molecule is [Na].c1ccc(P(Cc2ccc3ccccc3c2-c2c(CP(c3ccccc3)c3ccccc3)ccc3ccccc23)c2ccccc2)cc1. The van der Waals surface area contributed by atoms with E-state index in [0.717, 1.165) is 12.3 Å². The Morgan fingerprint density at radius 3 is 0.898 bits per heavy atom. The Morgan fingerprint density at radius 2 is 0.571 bits per heavy atom. The van der Waals surface area contributed by atoms with Gasteiger partial charge in [-0.2, -0.15) is 0 Å². The molecule has 3 heteroatoms. The first-order valence-corrected chi connectivity index (χ1v) is 19.7. The zero-order valence-corrected chi connectivity index (χ0v) is 31.6. The molecule has 0 amide bonds. The molecule has 8 aromatic carbocycles. The predicted molar refractivity (Wildman–Crippen MR) is 218 cm³/mol. The second-order valence-electron chi connectivity index (χ2n) is 12.2. The van der Waals surface area contributed by atoms with Crippen molar-refractivity contribution in [2.24, 2.45) is 0 Å². The van der Waals surface area contributed by atoms with E-state index in [4.69, 9.17) is 0 Å². The van der Waals surface area contributed by atoms with Crippen LogP contribution in [0.25, 0.3) is 32.7 Å². The van der Waals surface area contributed by atoms with Gasteiger partial charge in [-0.3, -0.25) is 0 Å². The van der Waals surface area contributed by atoms with Gasteiger partial charge in [-0.25, -0.2) is 0 Å². The van der Waals surface area contributed by atoms with Crippen LogP contribution in [0.1, 0.15) is 11.1 Å². The summed E-state index contributed by atoms with van der Waals surface area (Å²) in [6.07, 6.45) is 1.94. The molecular weight excluding hydrogens is 637 g/mol. The third kappa shape index (κ3) is 7.23. The average molecular weight is 674 g/mol. The molecule has 0 saturated carbocycles. The number of rotatable bonds is 9. The van der Waals surface area contributed by atoms with Gasteiger partial charge in [0.2, 0.25) is 0 Å². The summed E-state index contributed by atoms with van der Waals surface area (Å²) < 4.78 is 0. The van der Waals surface area contributed by atoms with E-state index in [1.165, 1.54) is 65.0 Å². The Hall–Kier alpha value is -3.86. The second-order valence-corrected chi connectivity index (χ2v) is 16.6. The summed E-state index contributed by atoms with van der Waals surface area (Å²) in [6, 6.07) is 72.0. The van der Waals surface area contributed by atoms with E-state index in [0.29, 0.717) is 0 Å². The van der Waals surface area contributed by atoms with Crippen LogP contribution in [0, 0.1) is 0 Å². The van der Waals surface area contributed by atoms with E-state index in [2.05, 4.69) is 194 Å². The van der Waals surface area contributed by atoms with E-state index in [1.807, 2.05) is 0 Å². The van der Waals surface area contributed by atoms with Gasteiger partial charge in [0.25, 0.3) is 0 Å². The Kier molecular flexibility index (Phi) is 10.8. The summed E-state index contributed by atoms with van der Waals surface area (Å²) in [5.74, 6) is 0. The number of hydrogen-bond acceptors (Lipinski definition) is 0. The molecule has 8 aromatic rings. The average Bonchev–Trinajstić information content (AvgIpc) is 3.17. The van der Waals surface area contributed by atoms with E-state index < -0.39 is 15.8 Å². The summed E-state index contributed by atoms with van der Waals surface area (Å²) in [7, 11) is -1.25. The first-order chi connectivity index (χ1) is 23.8. The van der Waals surface area contributed by atoms with Crippen LogP contribution in [0.15, 0.2) is 194 Å². The van der Waals surface area contributed by atoms with Crippen molar-refractivity contribution in [2.45, 2.75) is 12.3 Å². The molecule has 0 bridgehead atoms. The van der Waals surface area contributed by atoms with Crippen molar-refractivity contribution in [3.05, 3.63) is 205 Å². The van der Waals surface area contributed by atoms with E-state index in [1.54, 1.807) is 0 Å². The monoisotopic (exact) mass is 673 g/mol. The molecule has 0 aromatic heterocycles. The smallest absolute Gasteiger partial charge is 0.00138 e. The molecule has 1 radical (unpaired) electrons. The van der Waals surface area contributed by atoms with Gasteiger partial charge in [0.15, 0.2) is 0 Å². The quantitative estimate of drug-likeness (QED) is 0.106. The molecule has 0 nitrogen and oxygen atoms in total. The molecule has 8 rings (SSSR count). The minimum Gasteiger partial charge on any atom is -0.0622 e. The molecule has 0 saturated heterocycles. The van der Waals surface area contributed by atoms with Gasteiger partial charge in [0.05, 0.1) is 0 Å². The van der Waals surface area contributed by atoms with Gasteiger partial charge in [-0.15, -0.1) is 0 Å². The fraction of sp³-hybridized carbons (Fsp3) is 0.0435. The van der Waals surface area contributed by atoms with Gasteiger partial charge in [0, 0.05) is 41.9 Å². The molecule has 0 aliphatic carbocycles. The van der Waals surface area contributed by atoms with Gasteiger partial charge in [-0.05, 0) is 80.9 Å². The molecule has 49 heavy (non-hydrogen) atoms. The third-order valence-electron chi connectivity index (χ3n) is 9.21. The van der Waals surface area contributed by atoms with Crippen LogP contribution >= 0.6 is 15.8 Å². The van der Waals surface area contributed by atoms with Crippen molar-refractivity contribution in [2.75, 3.05) is 0 Å². The first kappa shape index (κ1) is 33.6. The van der Waals surface area contributed by atoms with E-state index in [-0.39, 0.29) is 29.6 Å². The van der Waals surface area contributed by atoms with Gasteiger partial charge < -0.3 is 0 Å². The predicted octanol–water partition coefficient (Wildman–Crippen LogP) is 10.5. The fourth-order valence-electron chi connectivity index (χ4n) is 6.92. The molecule has 0 aliphatic heterocycles. The summed E-state index contributed by atoms with van der Waals surface area (Å²) in [5.41, 5.74) is 5.59. The topological polar surface area (TPSA) is 0 Å². The van der Waals surface area contributed by atoms with Crippen LogP contribution in [-0.4, -0.2) is 29.6 Å². The van der Waals surface area contributed by atoms with Crippen molar-refractivity contribution in [1.82, 2.24) is 0 Å². The van der Waals surface area contributed by atoms with Gasteiger partial charge in [0.1, 0.15) is 0 Å². The summed E-state index contributed by atoms with van der Waals surface area (Å²) in [4.78, 5) is 0. The summed E-state index contributed by atoms with van der Waals surface area (Å²) in [6.45, 7) is 0. The van der Waals surface area contributed by atoms with Crippen molar-refractivity contribution >= 4 is 88.2 Å². The molecule has 0 spiro atoms. The molecule has 231 valence electrons. The number of hydrogen-bond donors (Lipinski definition) is 0. The van der Waals surface area contributed by atoms with Crippen LogP contribution in [-0.2, 0) is 12.3 Å². The molecule has 0 fully saturated rings. The van der Waals surface area contributed by atoms with Crippen molar-refractivity contribution < 1.29 is 0 Å². The standard InChI is InChI=1S/C46H36P2.Na/c1-5-19-39(20-6-1)47(40-21-7-2-8-22-40)33-37-31-29-35-17-13-15-27-43(35)45(37)46-38(32-30-36-18-14-16-28-44(36)46)34-48(41-23-9-3-10-24-41)42-25-11-4-12-26-42;/h1-32H,33-34H2;. The minimum absolute atomic E-state index is 0. The molecule has 0 heterocycles. The van der Waals surface area contributed by atoms with E-state index >= 15 is 0 Å². The van der Waals surface area contributed by atoms with Crippen molar-refractivity contribution in [3.63, 3.8) is 0 Å². The summed E-state index contributed by atoms with van der Waals surface area (Å²) in [5, 5.41) is 10.9. The Labute approximate surface area is 314 Å². The minimum atomic E-state index is -0.627. The molecule has 0 unspecified atom stereocenters. The van der Waals surface area contributed by atoms with Crippen molar-refractivity contribution in [3.8, 4) is 11.1 Å². The van der Waals surface area contributed by atoms with Crippen LogP contribution < -0.4 is 21.2 Å². The zero-order valence-electron chi connectivity index (χ0n) is 27.8. The normalized spacial score (nSPS) is 11.2. The Morgan fingerprint density at radius 1 is 0.286 bits per heavy atom. The molecule has 0 N–H and O–H groups in total. The second kappa shape index (κ2) is 15.8. The number of benzene rings is 8. The summed E-state index contributed by atoms with van der Waals surface area (Å²) >= 11 is 0. The van der Waals surface area contributed by atoms with Crippen LogP contribution in [0.2, 0.25) is 0 Å². The largest absolute Gasteiger partial charge is 0.0622 e. The zero-order chi connectivity index (χ0) is 32.1. The maximum atomic E-state index is 2.42.